The fraction of sp³-hybridized carbons (Fsp3) is 0.214. The number of hydrogen-bond acceptors (Lipinski definition) is 3. The zero-order valence-electron chi connectivity index (χ0n) is 11.6. The van der Waals surface area contributed by atoms with Crippen molar-refractivity contribution >= 4 is 17.9 Å². The molecule has 0 spiro atoms. The lowest BCUT2D eigenvalue weighted by atomic mass is 10.1. The Balaban J connectivity index is 2.54. The summed E-state index contributed by atoms with van der Waals surface area (Å²) in [5.74, 6) is -2.40. The summed E-state index contributed by atoms with van der Waals surface area (Å²) in [6, 6.07) is 4.74. The number of urea groups is 1. The number of amides is 3. The second-order valence-corrected chi connectivity index (χ2v) is 4.32. The molecule has 0 aliphatic rings. The van der Waals surface area contributed by atoms with Crippen LogP contribution in [0.2, 0.25) is 0 Å². The van der Waals surface area contributed by atoms with E-state index in [1.165, 1.54) is 38.1 Å². The number of carbonyl (C=O) groups is 3. The van der Waals surface area contributed by atoms with Crippen LogP contribution in [0.25, 0.3) is 0 Å². The summed E-state index contributed by atoms with van der Waals surface area (Å²) in [6.07, 6.45) is 0. The number of carboxylic acids is 1. The van der Waals surface area contributed by atoms with Crippen LogP contribution < -0.4 is 10.6 Å². The fourth-order valence-corrected chi connectivity index (χ4v) is 1.36. The second kappa shape index (κ2) is 7.18. The summed E-state index contributed by atoms with van der Waals surface area (Å²) in [7, 11) is 0. The van der Waals surface area contributed by atoms with Gasteiger partial charge in [0.15, 0.2) is 0 Å². The SMILES string of the molecule is CC(C(=O)O)=C(C)C(=O)NC(=O)NCc1ccc(F)cc1. The van der Waals surface area contributed by atoms with E-state index in [1.54, 1.807) is 0 Å². The smallest absolute Gasteiger partial charge is 0.331 e. The van der Waals surface area contributed by atoms with Crippen LogP contribution in [0, 0.1) is 5.82 Å². The molecule has 0 heterocycles. The molecular formula is C14H15FN2O4. The number of aliphatic carboxylic acids is 1. The van der Waals surface area contributed by atoms with Crippen molar-refractivity contribution < 1.29 is 23.9 Å². The van der Waals surface area contributed by atoms with E-state index in [1.807, 2.05) is 5.32 Å². The predicted molar refractivity (Wildman–Crippen MR) is 72.8 cm³/mol. The Kier molecular flexibility index (Phi) is 5.59. The van der Waals surface area contributed by atoms with Gasteiger partial charge >= 0.3 is 12.0 Å². The normalized spacial score (nSPS) is 11.4. The predicted octanol–water partition coefficient (Wildman–Crippen LogP) is 1.57. The van der Waals surface area contributed by atoms with Crippen LogP contribution in [-0.2, 0) is 16.1 Å². The summed E-state index contributed by atoms with van der Waals surface area (Å²) in [5, 5.41) is 13.2. The number of halogens is 1. The Morgan fingerprint density at radius 2 is 1.67 bits per heavy atom. The molecule has 1 rings (SSSR count). The van der Waals surface area contributed by atoms with Gasteiger partial charge in [-0.3, -0.25) is 10.1 Å². The topological polar surface area (TPSA) is 95.5 Å². The Labute approximate surface area is 120 Å². The lowest BCUT2D eigenvalue weighted by Crippen LogP contribution is -2.39. The largest absolute Gasteiger partial charge is 0.478 e. The summed E-state index contributed by atoms with van der Waals surface area (Å²) in [5.41, 5.74) is 0.464. The molecule has 0 saturated heterocycles. The molecular weight excluding hydrogens is 279 g/mol. The van der Waals surface area contributed by atoms with Crippen molar-refractivity contribution in [1.82, 2.24) is 10.6 Å². The summed E-state index contributed by atoms with van der Waals surface area (Å²) in [6.45, 7) is 2.69. The van der Waals surface area contributed by atoms with Crippen molar-refractivity contribution in [1.29, 1.82) is 0 Å². The van der Waals surface area contributed by atoms with E-state index in [-0.39, 0.29) is 23.5 Å². The first-order valence-electron chi connectivity index (χ1n) is 6.05. The average molecular weight is 294 g/mol. The molecule has 3 N–H and O–H groups in total. The highest BCUT2D eigenvalue weighted by atomic mass is 19.1. The molecule has 0 radical (unpaired) electrons. The standard InChI is InChI=1S/C14H15FN2O4/c1-8(9(2)13(19)20)12(18)17-14(21)16-7-10-3-5-11(15)6-4-10/h3-6H,7H2,1-2H3,(H,19,20)(H2,16,17,18,21). The Morgan fingerprint density at radius 3 is 2.19 bits per heavy atom. The Bertz CT molecular complexity index is 593. The van der Waals surface area contributed by atoms with Gasteiger partial charge < -0.3 is 10.4 Å². The highest BCUT2D eigenvalue weighted by Gasteiger charge is 2.14. The van der Waals surface area contributed by atoms with Crippen LogP contribution in [0.15, 0.2) is 35.4 Å². The monoisotopic (exact) mass is 294 g/mol. The van der Waals surface area contributed by atoms with Crippen LogP contribution >= 0.6 is 0 Å². The first kappa shape index (κ1) is 16.4. The highest BCUT2D eigenvalue weighted by molar-refractivity contribution is 6.07. The van der Waals surface area contributed by atoms with Crippen molar-refractivity contribution in [2.24, 2.45) is 0 Å². The molecule has 0 aliphatic carbocycles. The van der Waals surface area contributed by atoms with Crippen LogP contribution in [0.5, 0.6) is 0 Å². The maximum Gasteiger partial charge on any atom is 0.331 e. The quantitative estimate of drug-likeness (QED) is 0.734. The highest BCUT2D eigenvalue weighted by Crippen LogP contribution is 2.04. The van der Waals surface area contributed by atoms with Gasteiger partial charge in [0.25, 0.3) is 5.91 Å². The number of rotatable bonds is 4. The van der Waals surface area contributed by atoms with E-state index in [2.05, 4.69) is 5.32 Å². The van der Waals surface area contributed by atoms with Gasteiger partial charge in [-0.1, -0.05) is 12.1 Å². The number of nitrogens with one attached hydrogen (secondary N) is 2. The van der Waals surface area contributed by atoms with Crippen LogP contribution in [-0.4, -0.2) is 23.0 Å². The molecule has 6 nitrogen and oxygen atoms in total. The Hall–Kier alpha value is -2.70. The minimum absolute atomic E-state index is 0.0561. The van der Waals surface area contributed by atoms with E-state index >= 15 is 0 Å². The maximum absolute atomic E-state index is 12.7. The summed E-state index contributed by atoms with van der Waals surface area (Å²) in [4.78, 5) is 33.8. The molecule has 21 heavy (non-hydrogen) atoms. The van der Waals surface area contributed by atoms with Crippen LogP contribution in [0.1, 0.15) is 19.4 Å². The van der Waals surface area contributed by atoms with E-state index < -0.39 is 17.9 Å². The molecule has 0 atom stereocenters. The second-order valence-electron chi connectivity index (χ2n) is 4.32. The third kappa shape index (κ3) is 5.06. The van der Waals surface area contributed by atoms with Crippen LogP contribution in [0.3, 0.4) is 0 Å². The van der Waals surface area contributed by atoms with Crippen molar-refractivity contribution in [2.45, 2.75) is 20.4 Å². The van der Waals surface area contributed by atoms with E-state index in [4.69, 9.17) is 5.11 Å². The molecule has 1 aromatic rings. The average Bonchev–Trinajstić information content (AvgIpc) is 2.44. The zero-order chi connectivity index (χ0) is 16.0. The lowest BCUT2D eigenvalue weighted by molar-refractivity contribution is -0.133. The Morgan fingerprint density at radius 1 is 1.10 bits per heavy atom. The number of hydrogen-bond donors (Lipinski definition) is 3. The van der Waals surface area contributed by atoms with Crippen molar-refractivity contribution in [3.63, 3.8) is 0 Å². The molecule has 112 valence electrons. The van der Waals surface area contributed by atoms with Gasteiger partial charge in [-0.15, -0.1) is 0 Å². The number of imide groups is 1. The molecule has 3 amide bonds. The number of benzene rings is 1. The first-order valence-corrected chi connectivity index (χ1v) is 6.05. The third-order valence-electron chi connectivity index (χ3n) is 2.82. The van der Waals surface area contributed by atoms with Gasteiger partial charge in [-0.05, 0) is 31.5 Å². The fourth-order valence-electron chi connectivity index (χ4n) is 1.36. The third-order valence-corrected chi connectivity index (χ3v) is 2.82. The van der Waals surface area contributed by atoms with E-state index in [9.17, 15) is 18.8 Å². The van der Waals surface area contributed by atoms with Crippen LogP contribution in [0.4, 0.5) is 9.18 Å². The van der Waals surface area contributed by atoms with Gasteiger partial charge in [0.05, 0.1) is 0 Å². The summed E-state index contributed by atoms with van der Waals surface area (Å²) < 4.78 is 12.7. The lowest BCUT2D eigenvalue weighted by Gasteiger charge is -2.08. The molecule has 0 aromatic heterocycles. The van der Waals surface area contributed by atoms with Gasteiger partial charge in [0.2, 0.25) is 0 Å². The van der Waals surface area contributed by atoms with Gasteiger partial charge in [0.1, 0.15) is 5.82 Å². The summed E-state index contributed by atoms with van der Waals surface area (Å²) >= 11 is 0. The van der Waals surface area contributed by atoms with Crippen molar-refractivity contribution in [3.8, 4) is 0 Å². The maximum atomic E-state index is 12.7. The minimum Gasteiger partial charge on any atom is -0.478 e. The van der Waals surface area contributed by atoms with Crippen molar-refractivity contribution in [2.75, 3.05) is 0 Å². The van der Waals surface area contributed by atoms with E-state index in [0.717, 1.165) is 0 Å². The van der Waals surface area contributed by atoms with Gasteiger partial charge in [-0.2, -0.15) is 0 Å². The molecule has 0 bridgehead atoms. The number of carbonyl (C=O) groups excluding carboxylic acids is 2. The molecule has 0 saturated carbocycles. The first-order chi connectivity index (χ1) is 9.81. The number of carboxylic acid groups (broad SMARTS) is 1. The van der Waals surface area contributed by atoms with Crippen molar-refractivity contribution in [3.05, 3.63) is 46.8 Å². The van der Waals surface area contributed by atoms with Gasteiger partial charge in [-0.25, -0.2) is 14.0 Å². The molecule has 0 unspecified atom stereocenters. The van der Waals surface area contributed by atoms with E-state index in [0.29, 0.717) is 5.56 Å². The molecule has 0 fully saturated rings. The minimum atomic E-state index is -1.23. The van der Waals surface area contributed by atoms with Gasteiger partial charge in [0, 0.05) is 17.7 Å². The molecule has 0 aliphatic heterocycles. The molecule has 7 heteroatoms. The molecule has 1 aromatic carbocycles. The zero-order valence-corrected chi connectivity index (χ0v) is 11.6.